The molecule has 19 heavy (non-hydrogen) atoms. The van der Waals surface area contributed by atoms with Gasteiger partial charge in [-0.1, -0.05) is 13.8 Å². The van der Waals surface area contributed by atoms with E-state index in [4.69, 9.17) is 9.47 Å². The Labute approximate surface area is 112 Å². The number of carbonyl (C=O) groups is 2. The van der Waals surface area contributed by atoms with Crippen LogP contribution in [0.15, 0.2) is 18.2 Å². The van der Waals surface area contributed by atoms with E-state index in [0.29, 0.717) is 17.1 Å². The molecule has 5 nitrogen and oxygen atoms in total. The SMILES string of the molecule is COc1ccc(C(=O)NCC(=O)C(C)C)cc1OC. The normalized spacial score (nSPS) is 10.2. The van der Waals surface area contributed by atoms with Crippen molar-refractivity contribution in [1.29, 1.82) is 0 Å². The van der Waals surface area contributed by atoms with Gasteiger partial charge in [-0.2, -0.15) is 0 Å². The average molecular weight is 265 g/mol. The van der Waals surface area contributed by atoms with E-state index in [0.717, 1.165) is 0 Å². The van der Waals surface area contributed by atoms with Gasteiger partial charge in [0.1, 0.15) is 0 Å². The van der Waals surface area contributed by atoms with E-state index in [1.807, 2.05) is 0 Å². The first-order valence-electron chi connectivity index (χ1n) is 6.02. The Bertz CT molecular complexity index is 469. The zero-order chi connectivity index (χ0) is 14.4. The molecule has 0 aliphatic rings. The fourth-order valence-corrected chi connectivity index (χ4v) is 1.45. The van der Waals surface area contributed by atoms with Crippen LogP contribution in [-0.2, 0) is 4.79 Å². The van der Waals surface area contributed by atoms with Crippen molar-refractivity contribution >= 4 is 11.7 Å². The van der Waals surface area contributed by atoms with E-state index < -0.39 is 0 Å². The fourth-order valence-electron chi connectivity index (χ4n) is 1.45. The second-order valence-corrected chi connectivity index (χ2v) is 4.37. The number of methoxy groups -OCH3 is 2. The molecular formula is C14H19NO4. The van der Waals surface area contributed by atoms with Crippen LogP contribution in [0.4, 0.5) is 0 Å². The van der Waals surface area contributed by atoms with Crippen LogP contribution < -0.4 is 14.8 Å². The number of hydrogen-bond donors (Lipinski definition) is 1. The summed E-state index contributed by atoms with van der Waals surface area (Å²) in [6, 6.07) is 4.85. The van der Waals surface area contributed by atoms with Crippen molar-refractivity contribution in [3.63, 3.8) is 0 Å². The van der Waals surface area contributed by atoms with Gasteiger partial charge in [0.2, 0.25) is 0 Å². The highest BCUT2D eigenvalue weighted by atomic mass is 16.5. The van der Waals surface area contributed by atoms with Gasteiger partial charge >= 0.3 is 0 Å². The predicted octanol–water partition coefficient (Wildman–Crippen LogP) is 1.66. The van der Waals surface area contributed by atoms with Crippen LogP contribution in [0.1, 0.15) is 24.2 Å². The van der Waals surface area contributed by atoms with Crippen LogP contribution in [-0.4, -0.2) is 32.5 Å². The standard InChI is InChI=1S/C14H19NO4/c1-9(2)11(16)8-15-14(17)10-5-6-12(18-3)13(7-10)19-4/h5-7,9H,8H2,1-4H3,(H,15,17). The van der Waals surface area contributed by atoms with E-state index >= 15 is 0 Å². The minimum absolute atomic E-state index is 0.00572. The van der Waals surface area contributed by atoms with Gasteiger partial charge in [0.25, 0.3) is 5.91 Å². The summed E-state index contributed by atoms with van der Waals surface area (Å²) in [6.45, 7) is 3.63. The monoisotopic (exact) mass is 265 g/mol. The second kappa shape index (κ2) is 6.78. The highest BCUT2D eigenvalue weighted by Gasteiger charge is 2.13. The lowest BCUT2D eigenvalue weighted by Crippen LogP contribution is -2.31. The maximum atomic E-state index is 11.9. The molecule has 1 rings (SSSR count). The van der Waals surface area contributed by atoms with E-state index in [9.17, 15) is 9.59 Å². The fraction of sp³-hybridized carbons (Fsp3) is 0.429. The summed E-state index contributed by atoms with van der Waals surface area (Å²) in [5.74, 6) is 0.622. The highest BCUT2D eigenvalue weighted by Crippen LogP contribution is 2.27. The summed E-state index contributed by atoms with van der Waals surface area (Å²) in [7, 11) is 3.03. The van der Waals surface area contributed by atoms with Crippen molar-refractivity contribution in [2.45, 2.75) is 13.8 Å². The topological polar surface area (TPSA) is 64.6 Å². The molecule has 5 heteroatoms. The number of nitrogens with one attached hydrogen (secondary N) is 1. The molecule has 0 aliphatic carbocycles. The van der Waals surface area contributed by atoms with E-state index in [1.165, 1.54) is 14.2 Å². The van der Waals surface area contributed by atoms with Crippen molar-refractivity contribution in [2.75, 3.05) is 20.8 Å². The summed E-state index contributed by atoms with van der Waals surface area (Å²) in [5.41, 5.74) is 0.425. The number of rotatable bonds is 6. The van der Waals surface area contributed by atoms with Gasteiger partial charge in [-0.3, -0.25) is 9.59 Å². The van der Waals surface area contributed by atoms with Gasteiger partial charge in [-0.15, -0.1) is 0 Å². The molecule has 0 heterocycles. The lowest BCUT2D eigenvalue weighted by Gasteiger charge is -2.10. The molecule has 0 aliphatic heterocycles. The minimum Gasteiger partial charge on any atom is -0.493 e. The molecule has 104 valence electrons. The Morgan fingerprint density at radius 3 is 2.32 bits per heavy atom. The number of hydrogen-bond acceptors (Lipinski definition) is 4. The lowest BCUT2D eigenvalue weighted by molar-refractivity contribution is -0.120. The van der Waals surface area contributed by atoms with Gasteiger partial charge in [0.15, 0.2) is 17.3 Å². The number of amides is 1. The number of carbonyl (C=O) groups excluding carboxylic acids is 2. The van der Waals surface area contributed by atoms with Crippen LogP contribution in [0.5, 0.6) is 11.5 Å². The van der Waals surface area contributed by atoms with Gasteiger partial charge in [-0.25, -0.2) is 0 Å². The Morgan fingerprint density at radius 2 is 1.79 bits per heavy atom. The third-order valence-electron chi connectivity index (χ3n) is 2.71. The Morgan fingerprint density at radius 1 is 1.16 bits per heavy atom. The van der Waals surface area contributed by atoms with Crippen LogP contribution in [0.3, 0.4) is 0 Å². The number of benzene rings is 1. The molecule has 1 N–H and O–H groups in total. The number of ether oxygens (including phenoxy) is 2. The maximum absolute atomic E-state index is 11.9. The molecule has 0 fully saturated rings. The molecule has 0 spiro atoms. The Kier molecular flexibility index (Phi) is 5.36. The first-order chi connectivity index (χ1) is 8.99. The van der Waals surface area contributed by atoms with Gasteiger partial charge < -0.3 is 14.8 Å². The highest BCUT2D eigenvalue weighted by molar-refractivity contribution is 5.97. The van der Waals surface area contributed by atoms with Crippen LogP contribution in [0.25, 0.3) is 0 Å². The first-order valence-corrected chi connectivity index (χ1v) is 6.02. The zero-order valence-electron chi connectivity index (χ0n) is 11.6. The van der Waals surface area contributed by atoms with E-state index in [2.05, 4.69) is 5.32 Å². The molecular weight excluding hydrogens is 246 g/mol. The zero-order valence-corrected chi connectivity index (χ0v) is 11.6. The Balaban J connectivity index is 2.75. The average Bonchev–Trinajstić information content (AvgIpc) is 2.43. The minimum atomic E-state index is -0.310. The van der Waals surface area contributed by atoms with Gasteiger partial charge in [0.05, 0.1) is 20.8 Å². The van der Waals surface area contributed by atoms with E-state index in [-0.39, 0.29) is 24.2 Å². The smallest absolute Gasteiger partial charge is 0.251 e. The van der Waals surface area contributed by atoms with Gasteiger partial charge in [0, 0.05) is 11.5 Å². The van der Waals surface area contributed by atoms with Crippen molar-refractivity contribution in [2.24, 2.45) is 5.92 Å². The summed E-state index contributed by atoms with van der Waals surface area (Å²) in [5, 5.41) is 2.58. The third-order valence-corrected chi connectivity index (χ3v) is 2.71. The quantitative estimate of drug-likeness (QED) is 0.849. The van der Waals surface area contributed by atoms with Crippen LogP contribution in [0.2, 0.25) is 0 Å². The molecule has 0 unspecified atom stereocenters. The van der Waals surface area contributed by atoms with Gasteiger partial charge in [-0.05, 0) is 18.2 Å². The van der Waals surface area contributed by atoms with Crippen molar-refractivity contribution in [3.05, 3.63) is 23.8 Å². The molecule has 0 saturated carbocycles. The summed E-state index contributed by atoms with van der Waals surface area (Å²) < 4.78 is 10.2. The summed E-state index contributed by atoms with van der Waals surface area (Å²) in [4.78, 5) is 23.3. The van der Waals surface area contributed by atoms with Crippen molar-refractivity contribution in [3.8, 4) is 11.5 Å². The molecule has 1 aromatic carbocycles. The molecule has 1 amide bonds. The predicted molar refractivity (Wildman–Crippen MR) is 71.7 cm³/mol. The number of ketones is 1. The lowest BCUT2D eigenvalue weighted by atomic mass is 10.1. The molecule has 0 atom stereocenters. The molecule has 0 aromatic heterocycles. The van der Waals surface area contributed by atoms with Crippen LogP contribution in [0, 0.1) is 5.92 Å². The maximum Gasteiger partial charge on any atom is 0.251 e. The Hall–Kier alpha value is -2.04. The third kappa shape index (κ3) is 3.98. The second-order valence-electron chi connectivity index (χ2n) is 4.37. The molecule has 0 radical (unpaired) electrons. The molecule has 0 saturated heterocycles. The van der Waals surface area contributed by atoms with Crippen molar-refractivity contribution < 1.29 is 19.1 Å². The summed E-state index contributed by atoms with van der Waals surface area (Å²) >= 11 is 0. The van der Waals surface area contributed by atoms with Crippen molar-refractivity contribution in [1.82, 2.24) is 5.32 Å². The first kappa shape index (κ1) is 15.0. The summed E-state index contributed by atoms with van der Waals surface area (Å²) in [6.07, 6.45) is 0. The number of Topliss-reactive ketones (excluding diaryl/α,β-unsaturated/α-hetero) is 1. The molecule has 0 bridgehead atoms. The van der Waals surface area contributed by atoms with E-state index in [1.54, 1.807) is 32.0 Å². The largest absolute Gasteiger partial charge is 0.493 e. The van der Waals surface area contributed by atoms with Crippen LogP contribution >= 0.6 is 0 Å². The molecule has 1 aromatic rings.